The Morgan fingerprint density at radius 1 is 1.35 bits per heavy atom. The molecule has 0 saturated heterocycles. The number of hydrogen-bond donors (Lipinski definition) is 1. The van der Waals surface area contributed by atoms with Gasteiger partial charge in [-0.3, -0.25) is 0 Å². The molecule has 0 bridgehead atoms. The van der Waals surface area contributed by atoms with Crippen molar-refractivity contribution in [3.63, 3.8) is 0 Å². The van der Waals surface area contributed by atoms with Crippen LogP contribution in [0.1, 0.15) is 32.8 Å². The minimum Gasteiger partial charge on any atom is -0.368 e. The second-order valence-corrected chi connectivity index (χ2v) is 6.01. The summed E-state index contributed by atoms with van der Waals surface area (Å²) in [4.78, 5) is 2.53. The van der Waals surface area contributed by atoms with Gasteiger partial charge in [0, 0.05) is 18.3 Å². The summed E-state index contributed by atoms with van der Waals surface area (Å²) in [5.74, 6) is 0. The summed E-state index contributed by atoms with van der Waals surface area (Å²) in [5, 5.41) is 0. The molecule has 0 fully saturated rings. The van der Waals surface area contributed by atoms with E-state index in [1.54, 1.807) is 0 Å². The monoisotopic (exact) mass is 232 g/mol. The van der Waals surface area contributed by atoms with Gasteiger partial charge in [-0.2, -0.15) is 0 Å². The first-order chi connectivity index (χ1) is 8.03. The van der Waals surface area contributed by atoms with Crippen LogP contribution in [0.4, 0.5) is 5.69 Å². The molecule has 1 aromatic rings. The third-order valence-corrected chi connectivity index (χ3v) is 3.82. The number of anilines is 1. The van der Waals surface area contributed by atoms with Crippen LogP contribution in [0.15, 0.2) is 24.3 Å². The van der Waals surface area contributed by atoms with Crippen LogP contribution in [-0.4, -0.2) is 19.1 Å². The highest BCUT2D eigenvalue weighted by atomic mass is 15.2. The van der Waals surface area contributed by atoms with Gasteiger partial charge in [-0.1, -0.05) is 32.0 Å². The van der Waals surface area contributed by atoms with Crippen molar-refractivity contribution >= 4 is 5.69 Å². The Balaban J connectivity index is 2.27. The van der Waals surface area contributed by atoms with Crippen molar-refractivity contribution in [1.82, 2.24) is 0 Å². The Bertz CT molecular complexity index is 384. The highest BCUT2D eigenvalue weighted by Gasteiger charge is 2.27. The quantitative estimate of drug-likeness (QED) is 0.868. The van der Waals surface area contributed by atoms with Crippen LogP contribution in [0.3, 0.4) is 0 Å². The number of para-hydroxylation sites is 1. The Morgan fingerprint density at radius 3 is 2.76 bits per heavy atom. The van der Waals surface area contributed by atoms with E-state index in [0.717, 1.165) is 13.1 Å². The smallest absolute Gasteiger partial charge is 0.0401 e. The van der Waals surface area contributed by atoms with Gasteiger partial charge in [0.1, 0.15) is 0 Å². The Morgan fingerprint density at radius 2 is 2.06 bits per heavy atom. The van der Waals surface area contributed by atoms with Crippen LogP contribution < -0.4 is 10.6 Å². The van der Waals surface area contributed by atoms with Crippen LogP contribution in [0.25, 0.3) is 0 Å². The van der Waals surface area contributed by atoms with Crippen molar-refractivity contribution in [1.29, 1.82) is 0 Å². The molecule has 1 atom stereocenters. The summed E-state index contributed by atoms with van der Waals surface area (Å²) >= 11 is 0. The van der Waals surface area contributed by atoms with E-state index in [-0.39, 0.29) is 5.41 Å². The lowest BCUT2D eigenvalue weighted by atomic mass is 9.89. The summed E-state index contributed by atoms with van der Waals surface area (Å²) in [5.41, 5.74) is 8.94. The molecule has 2 nitrogen and oxygen atoms in total. The predicted molar refractivity (Wildman–Crippen MR) is 74.4 cm³/mol. The Hall–Kier alpha value is -1.02. The molecule has 1 heterocycles. The summed E-state index contributed by atoms with van der Waals surface area (Å²) in [6.07, 6.45) is 2.45. The van der Waals surface area contributed by atoms with Gasteiger partial charge in [0.25, 0.3) is 0 Å². The maximum Gasteiger partial charge on any atom is 0.0401 e. The molecular formula is C15H24N2. The lowest BCUT2D eigenvalue weighted by Crippen LogP contribution is -2.45. The normalized spacial score (nSPS) is 20.2. The maximum atomic E-state index is 5.86. The molecule has 0 spiro atoms. The molecule has 1 aliphatic heterocycles. The standard InChI is InChI=1S/C15H24N2/c1-12-8-9-13-6-4-5-7-14(13)17(12)11-15(2,3)10-16/h4-7,12H,8-11,16H2,1-3H3. The second kappa shape index (κ2) is 4.69. The van der Waals surface area contributed by atoms with Crippen LogP contribution in [0.2, 0.25) is 0 Å². The molecule has 2 rings (SSSR count). The Kier molecular flexibility index (Phi) is 3.43. The first-order valence-electron chi connectivity index (χ1n) is 6.58. The maximum absolute atomic E-state index is 5.86. The minimum absolute atomic E-state index is 0.179. The first kappa shape index (κ1) is 12.4. The fourth-order valence-electron chi connectivity index (χ4n) is 2.53. The zero-order chi connectivity index (χ0) is 12.5. The van der Waals surface area contributed by atoms with E-state index in [9.17, 15) is 0 Å². The molecule has 0 radical (unpaired) electrons. The fraction of sp³-hybridized carbons (Fsp3) is 0.600. The lowest BCUT2D eigenvalue weighted by Gasteiger charge is -2.41. The van der Waals surface area contributed by atoms with E-state index in [2.05, 4.69) is 49.9 Å². The number of fused-ring (bicyclic) bond motifs is 1. The average Bonchev–Trinajstić information content (AvgIpc) is 2.33. The number of benzene rings is 1. The van der Waals surface area contributed by atoms with E-state index in [4.69, 9.17) is 5.73 Å². The second-order valence-electron chi connectivity index (χ2n) is 6.01. The zero-order valence-electron chi connectivity index (χ0n) is 11.2. The third-order valence-electron chi connectivity index (χ3n) is 3.82. The fourth-order valence-corrected chi connectivity index (χ4v) is 2.53. The molecular weight excluding hydrogens is 208 g/mol. The summed E-state index contributed by atoms with van der Waals surface area (Å²) in [6, 6.07) is 9.40. The van der Waals surface area contributed by atoms with Crippen molar-refractivity contribution in [3.8, 4) is 0 Å². The van der Waals surface area contributed by atoms with E-state index >= 15 is 0 Å². The highest BCUT2D eigenvalue weighted by Crippen LogP contribution is 2.32. The van der Waals surface area contributed by atoms with Crippen LogP contribution in [-0.2, 0) is 6.42 Å². The lowest BCUT2D eigenvalue weighted by molar-refractivity contribution is 0.357. The predicted octanol–water partition coefficient (Wildman–Crippen LogP) is 2.81. The zero-order valence-corrected chi connectivity index (χ0v) is 11.2. The van der Waals surface area contributed by atoms with Gasteiger partial charge in [0.15, 0.2) is 0 Å². The van der Waals surface area contributed by atoms with E-state index in [1.807, 2.05) is 0 Å². The average molecular weight is 232 g/mol. The number of aryl methyl sites for hydroxylation is 1. The van der Waals surface area contributed by atoms with E-state index in [0.29, 0.717) is 6.04 Å². The third kappa shape index (κ3) is 2.63. The number of nitrogens with two attached hydrogens (primary N) is 1. The van der Waals surface area contributed by atoms with Crippen molar-refractivity contribution in [2.45, 2.75) is 39.7 Å². The molecule has 1 unspecified atom stereocenters. The molecule has 2 N–H and O–H groups in total. The van der Waals surface area contributed by atoms with Gasteiger partial charge in [-0.25, -0.2) is 0 Å². The van der Waals surface area contributed by atoms with Gasteiger partial charge in [-0.05, 0) is 43.4 Å². The topological polar surface area (TPSA) is 29.3 Å². The van der Waals surface area contributed by atoms with Crippen LogP contribution >= 0.6 is 0 Å². The first-order valence-corrected chi connectivity index (χ1v) is 6.58. The molecule has 0 saturated carbocycles. The number of hydrogen-bond acceptors (Lipinski definition) is 2. The number of rotatable bonds is 3. The van der Waals surface area contributed by atoms with E-state index in [1.165, 1.54) is 24.1 Å². The molecule has 0 aromatic heterocycles. The van der Waals surface area contributed by atoms with E-state index < -0.39 is 0 Å². The molecule has 17 heavy (non-hydrogen) atoms. The molecule has 2 heteroatoms. The van der Waals surface area contributed by atoms with Crippen molar-refractivity contribution in [2.75, 3.05) is 18.0 Å². The molecule has 1 aromatic carbocycles. The molecule has 94 valence electrons. The minimum atomic E-state index is 0.179. The van der Waals surface area contributed by atoms with Gasteiger partial charge >= 0.3 is 0 Å². The molecule has 1 aliphatic rings. The summed E-state index contributed by atoms with van der Waals surface area (Å²) in [7, 11) is 0. The summed E-state index contributed by atoms with van der Waals surface area (Å²) < 4.78 is 0. The van der Waals surface area contributed by atoms with Crippen molar-refractivity contribution in [2.24, 2.45) is 11.1 Å². The van der Waals surface area contributed by atoms with Crippen LogP contribution in [0, 0.1) is 5.41 Å². The van der Waals surface area contributed by atoms with Crippen LogP contribution in [0.5, 0.6) is 0 Å². The largest absolute Gasteiger partial charge is 0.368 e. The van der Waals surface area contributed by atoms with Crippen molar-refractivity contribution in [3.05, 3.63) is 29.8 Å². The molecule has 0 amide bonds. The summed E-state index contributed by atoms with van der Waals surface area (Å²) in [6.45, 7) is 8.59. The van der Waals surface area contributed by atoms with Gasteiger partial charge in [0.2, 0.25) is 0 Å². The van der Waals surface area contributed by atoms with Gasteiger partial charge in [-0.15, -0.1) is 0 Å². The van der Waals surface area contributed by atoms with Gasteiger partial charge in [0.05, 0.1) is 0 Å². The highest BCUT2D eigenvalue weighted by molar-refractivity contribution is 5.56. The van der Waals surface area contributed by atoms with Crippen molar-refractivity contribution < 1.29 is 0 Å². The molecule has 0 aliphatic carbocycles. The SMILES string of the molecule is CC1CCc2ccccc2N1CC(C)(C)CN. The number of nitrogens with zero attached hydrogens (tertiary/aromatic N) is 1. The Labute approximate surface area is 105 Å². The van der Waals surface area contributed by atoms with Gasteiger partial charge < -0.3 is 10.6 Å².